The second-order valence-electron chi connectivity index (χ2n) is 1.16. The van der Waals surface area contributed by atoms with E-state index in [1.165, 1.54) is 0 Å². The Morgan fingerprint density at radius 3 is 1.30 bits per heavy atom. The van der Waals surface area contributed by atoms with Gasteiger partial charge < -0.3 is 0 Å². The van der Waals surface area contributed by atoms with E-state index in [1.54, 1.807) is 12.4 Å². The van der Waals surface area contributed by atoms with Gasteiger partial charge in [-0.05, 0) is 12.1 Å². The van der Waals surface area contributed by atoms with Gasteiger partial charge in [0.25, 0.3) is 0 Å². The molecule has 0 N–H and O–H groups in total. The number of hydrogen-bond acceptors (Lipinski definition) is 2. The molecule has 0 spiro atoms. The standard InChI is InChI=1S/C4H4N2.CHF3/c1-2-4-6-5-3-1;2-1(3)4/h1-4H;1H. The van der Waals surface area contributed by atoms with Gasteiger partial charge >= 0.3 is 6.68 Å². The SMILES string of the molecule is FC(F)F.c1ccnnc1. The summed E-state index contributed by atoms with van der Waals surface area (Å²) in [5, 5.41) is 7.07. The van der Waals surface area contributed by atoms with E-state index in [9.17, 15) is 13.2 Å². The fraction of sp³-hybridized carbons (Fsp3) is 0.200. The van der Waals surface area contributed by atoms with Crippen LogP contribution in [0.4, 0.5) is 13.2 Å². The molecule has 0 atom stereocenters. The van der Waals surface area contributed by atoms with Crippen LogP contribution < -0.4 is 0 Å². The lowest BCUT2D eigenvalue weighted by Crippen LogP contribution is -1.69. The van der Waals surface area contributed by atoms with Crippen molar-refractivity contribution in [3.8, 4) is 0 Å². The van der Waals surface area contributed by atoms with Crippen molar-refractivity contribution < 1.29 is 13.2 Å². The summed E-state index contributed by atoms with van der Waals surface area (Å²) in [7, 11) is 0. The van der Waals surface area contributed by atoms with Crippen LogP contribution in [0.5, 0.6) is 0 Å². The summed E-state index contributed by atoms with van der Waals surface area (Å²) in [6.45, 7) is -3.67. The van der Waals surface area contributed by atoms with Gasteiger partial charge in [-0.15, -0.1) is 0 Å². The van der Waals surface area contributed by atoms with E-state index >= 15 is 0 Å². The van der Waals surface area contributed by atoms with E-state index in [2.05, 4.69) is 10.2 Å². The van der Waals surface area contributed by atoms with Crippen molar-refractivity contribution in [2.24, 2.45) is 0 Å². The Balaban J connectivity index is 0.000000180. The third kappa shape index (κ3) is 9.98. The van der Waals surface area contributed by atoms with Gasteiger partial charge in [-0.2, -0.15) is 23.4 Å². The topological polar surface area (TPSA) is 25.8 Å². The molecule has 1 aromatic rings. The lowest BCUT2D eigenvalue weighted by atomic mass is 10.6. The van der Waals surface area contributed by atoms with Gasteiger partial charge in [-0.25, -0.2) is 0 Å². The quantitative estimate of drug-likeness (QED) is 0.562. The van der Waals surface area contributed by atoms with Crippen LogP contribution in [0.3, 0.4) is 0 Å². The number of aromatic nitrogens is 2. The molecular weight excluding hydrogens is 145 g/mol. The van der Waals surface area contributed by atoms with Crippen LogP contribution >= 0.6 is 0 Å². The van der Waals surface area contributed by atoms with Gasteiger partial charge in [0.1, 0.15) is 0 Å². The fourth-order valence-electron chi connectivity index (χ4n) is 0.253. The Kier molecular flexibility index (Phi) is 5.32. The Hall–Kier alpha value is -1.13. The molecule has 1 aromatic heterocycles. The molecule has 2 nitrogen and oxygen atoms in total. The second-order valence-corrected chi connectivity index (χ2v) is 1.16. The molecular formula is C5H5F3N2. The first-order valence-electron chi connectivity index (χ1n) is 2.37. The number of hydrogen-bond donors (Lipinski definition) is 0. The normalized spacial score (nSPS) is 8.40. The first-order valence-corrected chi connectivity index (χ1v) is 2.37. The van der Waals surface area contributed by atoms with E-state index in [0.717, 1.165) is 0 Å². The van der Waals surface area contributed by atoms with Gasteiger partial charge in [-0.1, -0.05) is 0 Å². The maximum Gasteiger partial charge on any atom is 0.379 e. The Bertz CT molecular complexity index is 115. The molecule has 0 unspecified atom stereocenters. The van der Waals surface area contributed by atoms with Crippen LogP contribution in [-0.4, -0.2) is 16.9 Å². The molecule has 10 heavy (non-hydrogen) atoms. The first-order chi connectivity index (χ1) is 4.73. The van der Waals surface area contributed by atoms with Crippen molar-refractivity contribution in [3.63, 3.8) is 0 Å². The summed E-state index contributed by atoms with van der Waals surface area (Å²) < 4.78 is 29.0. The third-order valence-corrected chi connectivity index (χ3v) is 0.483. The Morgan fingerprint density at radius 2 is 1.20 bits per heavy atom. The zero-order valence-electron chi connectivity index (χ0n) is 4.92. The Labute approximate surface area is 55.7 Å². The van der Waals surface area contributed by atoms with Crippen LogP contribution in [0.1, 0.15) is 0 Å². The number of alkyl halides is 3. The monoisotopic (exact) mass is 150 g/mol. The lowest BCUT2D eigenvalue weighted by molar-refractivity contribution is 0.00819. The van der Waals surface area contributed by atoms with Crippen LogP contribution in [0, 0.1) is 0 Å². The minimum Gasteiger partial charge on any atom is -0.174 e. The van der Waals surface area contributed by atoms with Crippen molar-refractivity contribution in [2.45, 2.75) is 6.68 Å². The highest BCUT2D eigenvalue weighted by Gasteiger charge is 1.86. The van der Waals surface area contributed by atoms with Gasteiger partial charge in [0.15, 0.2) is 0 Å². The first kappa shape index (κ1) is 8.87. The maximum atomic E-state index is 9.67. The minimum atomic E-state index is -3.67. The molecule has 1 heterocycles. The van der Waals surface area contributed by atoms with Gasteiger partial charge in [-0.3, -0.25) is 0 Å². The van der Waals surface area contributed by atoms with Gasteiger partial charge in [0.05, 0.1) is 0 Å². The molecule has 0 aliphatic carbocycles. The molecule has 0 aliphatic heterocycles. The van der Waals surface area contributed by atoms with Crippen LogP contribution in [0.25, 0.3) is 0 Å². The van der Waals surface area contributed by atoms with Crippen molar-refractivity contribution in [2.75, 3.05) is 0 Å². The maximum absolute atomic E-state index is 9.67. The predicted octanol–water partition coefficient (Wildman–Crippen LogP) is 1.66. The summed E-state index contributed by atoms with van der Waals surface area (Å²) in [6, 6.07) is 3.65. The molecule has 0 fully saturated rings. The predicted molar refractivity (Wildman–Crippen MR) is 29.1 cm³/mol. The van der Waals surface area contributed by atoms with Crippen molar-refractivity contribution in [1.82, 2.24) is 10.2 Å². The van der Waals surface area contributed by atoms with Crippen molar-refractivity contribution >= 4 is 0 Å². The molecule has 1 rings (SSSR count). The zero-order chi connectivity index (χ0) is 7.82. The number of rotatable bonds is 0. The lowest BCUT2D eigenvalue weighted by Gasteiger charge is -1.69. The van der Waals surface area contributed by atoms with E-state index < -0.39 is 6.68 Å². The minimum absolute atomic E-state index is 1.64. The largest absolute Gasteiger partial charge is 0.379 e. The highest BCUT2D eigenvalue weighted by atomic mass is 19.4. The van der Waals surface area contributed by atoms with Crippen LogP contribution in [-0.2, 0) is 0 Å². The highest BCUT2D eigenvalue weighted by Crippen LogP contribution is 1.87. The Morgan fingerprint density at radius 1 is 0.900 bits per heavy atom. The summed E-state index contributed by atoms with van der Waals surface area (Å²) in [5.74, 6) is 0. The van der Waals surface area contributed by atoms with Crippen LogP contribution in [0.2, 0.25) is 0 Å². The molecule has 0 amide bonds. The second kappa shape index (κ2) is 6.00. The summed E-state index contributed by atoms with van der Waals surface area (Å²) in [4.78, 5) is 0. The van der Waals surface area contributed by atoms with Crippen molar-refractivity contribution in [1.29, 1.82) is 0 Å². The summed E-state index contributed by atoms with van der Waals surface area (Å²) in [6.07, 6.45) is 3.28. The molecule has 0 bridgehead atoms. The summed E-state index contributed by atoms with van der Waals surface area (Å²) in [5.41, 5.74) is 0. The number of nitrogens with zero attached hydrogens (tertiary/aromatic N) is 2. The molecule has 5 heteroatoms. The molecule has 0 aromatic carbocycles. The average molecular weight is 150 g/mol. The van der Waals surface area contributed by atoms with Gasteiger partial charge in [0.2, 0.25) is 0 Å². The van der Waals surface area contributed by atoms with Crippen LogP contribution in [0.15, 0.2) is 24.5 Å². The third-order valence-electron chi connectivity index (χ3n) is 0.483. The molecule has 0 saturated carbocycles. The van der Waals surface area contributed by atoms with E-state index in [1.807, 2.05) is 12.1 Å². The fourth-order valence-corrected chi connectivity index (χ4v) is 0.253. The average Bonchev–Trinajstić information content (AvgIpc) is 1.90. The smallest absolute Gasteiger partial charge is 0.174 e. The van der Waals surface area contributed by atoms with E-state index in [0.29, 0.717) is 0 Å². The number of halogens is 3. The molecule has 0 aliphatic rings. The van der Waals surface area contributed by atoms with E-state index in [-0.39, 0.29) is 0 Å². The molecule has 56 valence electrons. The summed E-state index contributed by atoms with van der Waals surface area (Å²) >= 11 is 0. The zero-order valence-corrected chi connectivity index (χ0v) is 4.92. The van der Waals surface area contributed by atoms with Crippen molar-refractivity contribution in [3.05, 3.63) is 24.5 Å². The van der Waals surface area contributed by atoms with E-state index in [4.69, 9.17) is 0 Å². The highest BCUT2D eigenvalue weighted by molar-refractivity contribution is 4.79. The van der Waals surface area contributed by atoms with Gasteiger partial charge in [0, 0.05) is 12.4 Å². The molecule has 0 saturated heterocycles. The molecule has 0 radical (unpaired) electrons.